The fourth-order valence-electron chi connectivity index (χ4n) is 1.68. The number of methoxy groups -OCH3 is 1. The van der Waals surface area contributed by atoms with Crippen LogP contribution in [0.25, 0.3) is 0 Å². The Balaban J connectivity index is 2.44. The molecule has 0 radical (unpaired) electrons. The minimum atomic E-state index is -0.155. The van der Waals surface area contributed by atoms with E-state index in [0.29, 0.717) is 6.61 Å². The van der Waals surface area contributed by atoms with Crippen LogP contribution in [-0.2, 0) is 16.1 Å². The fourth-order valence-corrected chi connectivity index (χ4v) is 1.68. The molecule has 0 amide bonds. The second-order valence-corrected chi connectivity index (χ2v) is 4.56. The van der Waals surface area contributed by atoms with Crippen molar-refractivity contribution in [3.63, 3.8) is 0 Å². The van der Waals surface area contributed by atoms with Gasteiger partial charge in [0, 0.05) is 12.6 Å². The molecule has 0 bridgehead atoms. The minimum absolute atomic E-state index is 0.0705. The van der Waals surface area contributed by atoms with Crippen LogP contribution in [0.2, 0.25) is 0 Å². The number of ether oxygens (including phenoxy) is 2. The van der Waals surface area contributed by atoms with Crippen molar-refractivity contribution in [1.29, 1.82) is 0 Å². The number of nitrogens with one attached hydrogen (secondary N) is 1. The first-order chi connectivity index (χ1) is 9.08. The molecule has 1 N–H and O–H groups in total. The molecule has 1 aromatic rings. The van der Waals surface area contributed by atoms with Crippen LogP contribution in [0.5, 0.6) is 5.75 Å². The number of hydrogen-bond acceptors (Lipinski definition) is 4. The fraction of sp³-hybridized carbons (Fsp3) is 0.533. The third-order valence-corrected chi connectivity index (χ3v) is 3.20. The Morgan fingerprint density at radius 1 is 1.26 bits per heavy atom. The van der Waals surface area contributed by atoms with Gasteiger partial charge in [-0.2, -0.15) is 0 Å². The van der Waals surface area contributed by atoms with E-state index in [1.807, 2.05) is 45.0 Å². The Morgan fingerprint density at radius 3 is 2.42 bits per heavy atom. The summed E-state index contributed by atoms with van der Waals surface area (Å²) in [7, 11) is 1.65. The highest BCUT2D eigenvalue weighted by Gasteiger charge is 2.20. The van der Waals surface area contributed by atoms with Gasteiger partial charge in [-0.3, -0.25) is 4.79 Å². The molecule has 0 saturated heterocycles. The van der Waals surface area contributed by atoms with E-state index in [0.717, 1.165) is 17.9 Å². The first-order valence-corrected chi connectivity index (χ1v) is 6.61. The number of benzene rings is 1. The van der Waals surface area contributed by atoms with Gasteiger partial charge in [0.2, 0.25) is 0 Å². The van der Waals surface area contributed by atoms with Crippen molar-refractivity contribution in [3.05, 3.63) is 29.8 Å². The Bertz CT molecular complexity index is 389. The Hall–Kier alpha value is -1.55. The monoisotopic (exact) mass is 265 g/mol. The van der Waals surface area contributed by atoms with E-state index < -0.39 is 0 Å². The number of rotatable bonds is 7. The van der Waals surface area contributed by atoms with Crippen molar-refractivity contribution >= 4 is 5.97 Å². The predicted octanol–water partition coefficient (Wildman–Crippen LogP) is 2.37. The Kier molecular flexibility index (Phi) is 6.36. The lowest BCUT2D eigenvalue weighted by Gasteiger charge is -2.20. The maximum Gasteiger partial charge on any atom is 0.310 e. The van der Waals surface area contributed by atoms with Crippen LogP contribution in [0, 0.1) is 5.92 Å². The second-order valence-electron chi connectivity index (χ2n) is 4.56. The van der Waals surface area contributed by atoms with Crippen molar-refractivity contribution in [3.8, 4) is 5.75 Å². The normalized spacial score (nSPS) is 13.7. The molecule has 19 heavy (non-hydrogen) atoms. The average molecular weight is 265 g/mol. The van der Waals surface area contributed by atoms with Gasteiger partial charge in [0.15, 0.2) is 0 Å². The van der Waals surface area contributed by atoms with Gasteiger partial charge in [0.25, 0.3) is 0 Å². The zero-order valence-corrected chi connectivity index (χ0v) is 12.1. The van der Waals surface area contributed by atoms with E-state index in [1.165, 1.54) is 0 Å². The van der Waals surface area contributed by atoms with Gasteiger partial charge in [0.05, 0.1) is 19.6 Å². The van der Waals surface area contributed by atoms with Gasteiger partial charge >= 0.3 is 5.97 Å². The molecule has 2 unspecified atom stereocenters. The predicted molar refractivity (Wildman–Crippen MR) is 75.1 cm³/mol. The van der Waals surface area contributed by atoms with Crippen molar-refractivity contribution < 1.29 is 14.3 Å². The topological polar surface area (TPSA) is 47.6 Å². The summed E-state index contributed by atoms with van der Waals surface area (Å²) in [6.45, 7) is 6.83. The first-order valence-electron chi connectivity index (χ1n) is 6.61. The van der Waals surface area contributed by atoms with Crippen LogP contribution in [-0.4, -0.2) is 25.7 Å². The number of esters is 1. The number of carbonyl (C=O) groups is 1. The molecule has 0 heterocycles. The lowest BCUT2D eigenvalue weighted by molar-refractivity contribution is -0.148. The van der Waals surface area contributed by atoms with Crippen molar-refractivity contribution in [2.24, 2.45) is 5.92 Å². The molecule has 1 rings (SSSR count). The molecule has 0 aliphatic heterocycles. The molecule has 0 saturated carbocycles. The maximum absolute atomic E-state index is 11.6. The summed E-state index contributed by atoms with van der Waals surface area (Å²) >= 11 is 0. The Labute approximate surface area is 115 Å². The van der Waals surface area contributed by atoms with Crippen LogP contribution >= 0.6 is 0 Å². The van der Waals surface area contributed by atoms with Gasteiger partial charge in [-0.25, -0.2) is 0 Å². The SMILES string of the molecule is CCOC(=O)C(C)C(C)NCc1ccc(OC)cc1. The number of hydrogen-bond donors (Lipinski definition) is 1. The summed E-state index contributed by atoms with van der Waals surface area (Å²) in [6, 6.07) is 7.94. The van der Waals surface area contributed by atoms with Crippen molar-refractivity contribution in [2.45, 2.75) is 33.4 Å². The van der Waals surface area contributed by atoms with Gasteiger partial charge in [0.1, 0.15) is 5.75 Å². The Morgan fingerprint density at radius 2 is 1.89 bits per heavy atom. The third-order valence-electron chi connectivity index (χ3n) is 3.20. The summed E-state index contributed by atoms with van der Waals surface area (Å²) < 4.78 is 10.1. The summed E-state index contributed by atoms with van der Waals surface area (Å²) in [4.78, 5) is 11.6. The van der Waals surface area contributed by atoms with E-state index in [1.54, 1.807) is 7.11 Å². The molecule has 4 heteroatoms. The molecule has 1 aromatic carbocycles. The summed E-state index contributed by atoms with van der Waals surface area (Å²) in [5.41, 5.74) is 1.16. The zero-order valence-electron chi connectivity index (χ0n) is 12.1. The maximum atomic E-state index is 11.6. The molecular formula is C15H23NO3. The summed E-state index contributed by atoms with van der Waals surface area (Å²) in [5.74, 6) is 0.534. The molecule has 0 fully saturated rings. The van der Waals surface area contributed by atoms with Crippen LogP contribution in [0.4, 0.5) is 0 Å². The van der Waals surface area contributed by atoms with Crippen LogP contribution in [0.15, 0.2) is 24.3 Å². The highest BCUT2D eigenvalue weighted by molar-refractivity contribution is 5.72. The van der Waals surface area contributed by atoms with Crippen LogP contribution in [0.1, 0.15) is 26.3 Å². The first kappa shape index (κ1) is 15.5. The third kappa shape index (κ3) is 4.91. The molecule has 2 atom stereocenters. The van der Waals surface area contributed by atoms with Gasteiger partial charge in [-0.15, -0.1) is 0 Å². The average Bonchev–Trinajstić information content (AvgIpc) is 2.44. The number of carbonyl (C=O) groups excluding carboxylic acids is 1. The lowest BCUT2D eigenvalue weighted by Crippen LogP contribution is -2.36. The van der Waals surface area contributed by atoms with E-state index in [-0.39, 0.29) is 17.9 Å². The smallest absolute Gasteiger partial charge is 0.310 e. The van der Waals surface area contributed by atoms with Crippen molar-refractivity contribution in [1.82, 2.24) is 5.32 Å². The highest BCUT2D eigenvalue weighted by Crippen LogP contribution is 2.12. The molecule has 0 aliphatic carbocycles. The zero-order chi connectivity index (χ0) is 14.3. The molecule has 4 nitrogen and oxygen atoms in total. The molecule has 106 valence electrons. The van der Waals surface area contributed by atoms with Crippen molar-refractivity contribution in [2.75, 3.05) is 13.7 Å². The van der Waals surface area contributed by atoms with Crippen LogP contribution in [0.3, 0.4) is 0 Å². The highest BCUT2D eigenvalue weighted by atomic mass is 16.5. The lowest BCUT2D eigenvalue weighted by atomic mass is 10.0. The quantitative estimate of drug-likeness (QED) is 0.769. The van der Waals surface area contributed by atoms with Crippen LogP contribution < -0.4 is 10.1 Å². The van der Waals surface area contributed by atoms with E-state index in [9.17, 15) is 4.79 Å². The van der Waals surface area contributed by atoms with E-state index in [4.69, 9.17) is 9.47 Å². The standard InChI is InChI=1S/C15H23NO3/c1-5-19-15(17)11(2)12(3)16-10-13-6-8-14(18-4)9-7-13/h6-9,11-12,16H,5,10H2,1-4H3. The summed E-state index contributed by atoms with van der Waals surface area (Å²) in [6.07, 6.45) is 0. The van der Waals surface area contributed by atoms with Gasteiger partial charge in [-0.1, -0.05) is 19.1 Å². The molecule has 0 spiro atoms. The molecular weight excluding hydrogens is 242 g/mol. The molecule has 0 aromatic heterocycles. The van der Waals surface area contributed by atoms with E-state index in [2.05, 4.69) is 5.32 Å². The van der Waals surface area contributed by atoms with Gasteiger partial charge < -0.3 is 14.8 Å². The largest absolute Gasteiger partial charge is 0.497 e. The summed E-state index contributed by atoms with van der Waals surface area (Å²) in [5, 5.41) is 3.33. The second kappa shape index (κ2) is 7.79. The minimum Gasteiger partial charge on any atom is -0.497 e. The molecule has 0 aliphatic rings. The van der Waals surface area contributed by atoms with Gasteiger partial charge in [-0.05, 0) is 31.5 Å². The van der Waals surface area contributed by atoms with E-state index >= 15 is 0 Å².